The van der Waals surface area contributed by atoms with E-state index in [4.69, 9.17) is 18.7 Å². The highest BCUT2D eigenvalue weighted by molar-refractivity contribution is 7.17. The Balaban J connectivity index is 1.68. The van der Waals surface area contributed by atoms with E-state index >= 15 is 0 Å². The van der Waals surface area contributed by atoms with Crippen LogP contribution in [0.25, 0.3) is 0 Å². The summed E-state index contributed by atoms with van der Waals surface area (Å²) in [7, 11) is -0.807. The number of benzene rings is 3. The minimum absolute atomic E-state index is 0.0274. The number of hydrogen-bond donors (Lipinski definition) is 2. The summed E-state index contributed by atoms with van der Waals surface area (Å²) in [5.41, 5.74) is 0.989. The standard InChI is InChI=1S/C37H48NO8P/c1-2-3-4-5-6-7-8-9-15-26-33(43-29-30-20-13-10-14-21-30)27-35(39)38-34(36(40)41)28-37(46-47-42,44-31-22-16-11-17-23-31)45-32-24-18-12-19-25-32/h10-14,16-25,33-34H,2-9,15,26-29H2,1H3,(H,38,39)(H,40,41)/t33-,34?/m1/s1. The molecule has 0 bridgehead atoms. The highest BCUT2D eigenvalue weighted by Gasteiger charge is 2.44. The van der Waals surface area contributed by atoms with Gasteiger partial charge >= 0.3 is 20.6 Å². The first-order valence-corrected chi connectivity index (χ1v) is 17.3. The van der Waals surface area contributed by atoms with Crippen molar-refractivity contribution in [3.63, 3.8) is 0 Å². The molecule has 0 saturated carbocycles. The van der Waals surface area contributed by atoms with Crippen LogP contribution in [0, 0.1) is 0 Å². The SMILES string of the molecule is CCCCCCCCCCC[C@H](CC(=O)NC(CC(OP=O)(Oc1ccccc1)Oc1ccccc1)C(=O)O)OCc1ccccc1. The largest absolute Gasteiger partial charge is 0.480 e. The number of ether oxygens (including phenoxy) is 3. The summed E-state index contributed by atoms with van der Waals surface area (Å²) in [5.74, 6) is -3.40. The van der Waals surface area contributed by atoms with E-state index in [1.54, 1.807) is 60.7 Å². The Labute approximate surface area is 280 Å². The first kappa shape index (κ1) is 37.7. The molecule has 2 N–H and O–H groups in total. The van der Waals surface area contributed by atoms with Crippen LogP contribution in [-0.4, -0.2) is 35.1 Å². The van der Waals surface area contributed by atoms with Crippen LogP contribution in [0.1, 0.15) is 89.5 Å². The van der Waals surface area contributed by atoms with E-state index in [0.29, 0.717) is 13.0 Å². The lowest BCUT2D eigenvalue weighted by atomic mass is 10.0. The third kappa shape index (κ3) is 15.1. The normalized spacial score (nSPS) is 12.7. The van der Waals surface area contributed by atoms with E-state index in [2.05, 4.69) is 12.2 Å². The van der Waals surface area contributed by atoms with Crippen molar-refractivity contribution in [2.75, 3.05) is 0 Å². The van der Waals surface area contributed by atoms with Crippen LogP contribution in [0.2, 0.25) is 0 Å². The molecule has 0 spiro atoms. The maximum absolute atomic E-state index is 13.4. The maximum Gasteiger partial charge on any atom is 0.384 e. The summed E-state index contributed by atoms with van der Waals surface area (Å²) >= 11 is 0. The van der Waals surface area contributed by atoms with Crippen LogP contribution in [-0.2, 0) is 30.0 Å². The second-order valence-corrected chi connectivity index (χ2v) is 11.9. The predicted octanol–water partition coefficient (Wildman–Crippen LogP) is 8.88. The monoisotopic (exact) mass is 665 g/mol. The van der Waals surface area contributed by atoms with Gasteiger partial charge in [0, 0.05) is 0 Å². The molecule has 2 atom stereocenters. The molecular weight excluding hydrogens is 617 g/mol. The molecule has 0 saturated heterocycles. The van der Waals surface area contributed by atoms with E-state index in [1.807, 2.05) is 30.3 Å². The van der Waals surface area contributed by atoms with Gasteiger partial charge in [0.2, 0.25) is 5.91 Å². The van der Waals surface area contributed by atoms with E-state index < -0.39 is 45.1 Å². The summed E-state index contributed by atoms with van der Waals surface area (Å²) in [6.07, 6.45) is 10.3. The van der Waals surface area contributed by atoms with Gasteiger partial charge in [-0.3, -0.25) is 4.79 Å². The van der Waals surface area contributed by atoms with Crippen LogP contribution >= 0.6 is 8.69 Å². The minimum Gasteiger partial charge on any atom is -0.480 e. The van der Waals surface area contributed by atoms with Gasteiger partial charge < -0.3 is 24.6 Å². The Morgan fingerprint density at radius 3 is 1.79 bits per heavy atom. The Kier molecular flexibility index (Phi) is 17.6. The topological polar surface area (TPSA) is 120 Å². The van der Waals surface area contributed by atoms with Gasteiger partial charge in [-0.2, -0.15) is 0 Å². The third-order valence-corrected chi connectivity index (χ3v) is 8.02. The number of aliphatic carboxylic acids is 1. The number of hydrogen-bond acceptors (Lipinski definition) is 7. The lowest BCUT2D eigenvalue weighted by Crippen LogP contribution is -2.52. The zero-order valence-corrected chi connectivity index (χ0v) is 28.2. The van der Waals surface area contributed by atoms with Crippen LogP contribution in [0.15, 0.2) is 91.0 Å². The fourth-order valence-electron chi connectivity index (χ4n) is 5.20. The molecule has 47 heavy (non-hydrogen) atoms. The van der Waals surface area contributed by atoms with Gasteiger partial charge in [0.15, 0.2) is 0 Å². The van der Waals surface area contributed by atoms with Gasteiger partial charge in [0.1, 0.15) is 17.5 Å². The zero-order valence-electron chi connectivity index (χ0n) is 27.3. The average Bonchev–Trinajstić information content (AvgIpc) is 3.07. The number of para-hydroxylation sites is 2. The van der Waals surface area contributed by atoms with Crippen molar-refractivity contribution in [2.24, 2.45) is 0 Å². The predicted molar refractivity (Wildman–Crippen MR) is 181 cm³/mol. The molecule has 3 aromatic rings. The lowest BCUT2D eigenvalue weighted by Gasteiger charge is -2.33. The highest BCUT2D eigenvalue weighted by Crippen LogP contribution is 2.31. The fraction of sp³-hybridized carbons (Fsp3) is 0.459. The van der Waals surface area contributed by atoms with Crippen molar-refractivity contribution in [2.45, 2.75) is 109 Å². The zero-order chi connectivity index (χ0) is 33.6. The molecule has 0 aliphatic heterocycles. The van der Waals surface area contributed by atoms with Crippen LogP contribution < -0.4 is 14.8 Å². The first-order valence-electron chi connectivity index (χ1n) is 16.6. The first-order chi connectivity index (χ1) is 22.9. The molecule has 3 rings (SSSR count). The molecule has 0 aromatic heterocycles. The number of unbranched alkanes of at least 4 members (excludes halogenated alkanes) is 8. The maximum atomic E-state index is 13.4. The average molecular weight is 666 g/mol. The summed E-state index contributed by atoms with van der Waals surface area (Å²) < 4.78 is 35.4. The molecule has 0 radical (unpaired) electrons. The molecule has 0 aliphatic rings. The summed E-state index contributed by atoms with van der Waals surface area (Å²) in [6.45, 7) is 2.56. The summed E-state index contributed by atoms with van der Waals surface area (Å²) in [6, 6.07) is 25.2. The number of amides is 1. The molecule has 10 heteroatoms. The molecule has 1 unspecified atom stereocenters. The smallest absolute Gasteiger partial charge is 0.384 e. The number of rotatable bonds is 25. The number of carbonyl (C=O) groups excluding carboxylic acids is 1. The van der Waals surface area contributed by atoms with Crippen LogP contribution in [0.3, 0.4) is 0 Å². The second kappa shape index (κ2) is 21.9. The Bertz CT molecular complexity index is 1250. The molecule has 0 aliphatic carbocycles. The molecular formula is C37H48NO8P. The number of carboxylic acids is 1. The minimum atomic E-state index is -2.15. The number of carbonyl (C=O) groups is 2. The van der Waals surface area contributed by atoms with Crippen molar-refractivity contribution >= 4 is 20.6 Å². The summed E-state index contributed by atoms with van der Waals surface area (Å²) in [4.78, 5) is 25.8. The fourth-order valence-corrected chi connectivity index (χ4v) is 5.46. The van der Waals surface area contributed by atoms with Crippen LogP contribution in [0.5, 0.6) is 11.5 Å². The van der Waals surface area contributed by atoms with Gasteiger partial charge in [-0.05, 0) is 36.2 Å². The molecule has 0 fully saturated rings. The van der Waals surface area contributed by atoms with Crippen molar-refractivity contribution < 1.29 is 38.0 Å². The van der Waals surface area contributed by atoms with Gasteiger partial charge in [-0.25, -0.2) is 13.9 Å². The van der Waals surface area contributed by atoms with Gasteiger partial charge in [-0.1, -0.05) is 131 Å². The van der Waals surface area contributed by atoms with Crippen molar-refractivity contribution in [1.82, 2.24) is 5.32 Å². The van der Waals surface area contributed by atoms with Crippen LogP contribution in [0.4, 0.5) is 0 Å². The molecule has 0 heterocycles. The van der Waals surface area contributed by atoms with Crippen molar-refractivity contribution in [3.8, 4) is 11.5 Å². The number of nitrogens with one attached hydrogen (secondary N) is 1. The van der Waals surface area contributed by atoms with E-state index in [0.717, 1.165) is 24.8 Å². The molecule has 254 valence electrons. The van der Waals surface area contributed by atoms with Gasteiger partial charge in [0.05, 0.1) is 25.6 Å². The van der Waals surface area contributed by atoms with Gasteiger partial charge in [0.25, 0.3) is 0 Å². The highest BCUT2D eigenvalue weighted by atomic mass is 31.1. The van der Waals surface area contributed by atoms with E-state index in [1.165, 1.54) is 38.5 Å². The third-order valence-electron chi connectivity index (χ3n) is 7.67. The van der Waals surface area contributed by atoms with Crippen molar-refractivity contribution in [3.05, 3.63) is 96.6 Å². The van der Waals surface area contributed by atoms with E-state index in [-0.39, 0.29) is 17.9 Å². The summed E-state index contributed by atoms with van der Waals surface area (Å²) in [5, 5.41) is 12.8. The molecule has 9 nitrogen and oxygen atoms in total. The molecule has 3 aromatic carbocycles. The second-order valence-electron chi connectivity index (χ2n) is 11.6. The molecule has 1 amide bonds. The quantitative estimate of drug-likeness (QED) is 0.0523. The Morgan fingerprint density at radius 2 is 1.28 bits per heavy atom. The van der Waals surface area contributed by atoms with E-state index in [9.17, 15) is 19.3 Å². The van der Waals surface area contributed by atoms with Gasteiger partial charge in [-0.15, -0.1) is 0 Å². The Hall–Kier alpha value is -3.78. The van der Waals surface area contributed by atoms with Crippen molar-refractivity contribution in [1.29, 1.82) is 0 Å². The lowest BCUT2D eigenvalue weighted by molar-refractivity contribution is -0.255. The number of carboxylic acid groups (broad SMARTS) is 1. The Morgan fingerprint density at radius 1 is 0.766 bits per heavy atom.